The summed E-state index contributed by atoms with van der Waals surface area (Å²) in [5.74, 6) is 1.67. The predicted molar refractivity (Wildman–Crippen MR) is 267 cm³/mol. The Labute approximate surface area is 404 Å². The molecule has 2 fully saturated rings. The van der Waals surface area contributed by atoms with Gasteiger partial charge in [-0.15, -0.1) is 0 Å². The number of ether oxygens (including phenoxy) is 1. The lowest BCUT2D eigenvalue weighted by Gasteiger charge is -2.33. The number of hydrogen-bond acceptors (Lipinski definition) is 10. The number of aliphatic imine (C=N–C) groups is 2. The first-order chi connectivity index (χ1) is 30.9. The molecule has 0 radical (unpaired) electrons. The number of phenols is 1. The van der Waals surface area contributed by atoms with E-state index in [1.807, 2.05) is 70.5 Å². The second-order valence-corrected chi connectivity index (χ2v) is 18.4. The molecule has 4 amide bonds. The number of nitrogens with two attached hydrogens (primary N) is 2. The molecule has 4 heterocycles. The lowest BCUT2D eigenvalue weighted by molar-refractivity contribution is -0.133. The molecule has 358 valence electrons. The minimum atomic E-state index is -1.14. The summed E-state index contributed by atoms with van der Waals surface area (Å²) in [5.41, 5.74) is 14.7. The molecular weight excluding hydrogens is 892 g/mol. The Balaban J connectivity index is 0.000000244. The van der Waals surface area contributed by atoms with E-state index in [0.717, 1.165) is 47.9 Å². The summed E-state index contributed by atoms with van der Waals surface area (Å²) in [6, 6.07) is 25.3. The molecule has 2 unspecified atom stereocenters. The van der Waals surface area contributed by atoms with Crippen molar-refractivity contribution in [3.8, 4) is 33.8 Å². The third-order valence-electron chi connectivity index (χ3n) is 13.1. The van der Waals surface area contributed by atoms with Gasteiger partial charge >= 0.3 is 0 Å². The number of guanidine groups is 2. The average Bonchev–Trinajstić information content (AvgIpc) is 3.66. The van der Waals surface area contributed by atoms with E-state index < -0.39 is 11.1 Å². The van der Waals surface area contributed by atoms with Crippen LogP contribution in [0.3, 0.4) is 0 Å². The first-order valence-corrected chi connectivity index (χ1v) is 22.6. The zero-order chi connectivity index (χ0) is 46.8. The highest BCUT2D eigenvalue weighted by Gasteiger charge is 2.47. The first-order valence-electron chi connectivity index (χ1n) is 21.8. The van der Waals surface area contributed by atoms with Crippen LogP contribution >= 0.6 is 23.2 Å². The number of likely N-dealkylation sites (tertiary alicyclic amines) is 2. The standard InChI is InChI=1S/C25H29ClN4O3.C24H27ClN4O3.2CH4/c1-16(31)29-11-9-17(10-12-29)15-30-23(32)25(2,28-24(30)27)19-6-4-5-18(13-19)21-14-20(26)7-8-22(21)33-3;1-15(30)28-10-8-16(9-11-28)14-29-22(32)24(2,27-23(29)26)18-5-3-4-17(12-18)20-13-19(25)6-7-21(20)31;;/h4-8,13-14,17H,9-12,15H2,1-3H3,(H2,27,28);3-7,12-13,16,31H,8-11,14H2,1-2H3,(H2,26,27);2*1H4. The highest BCUT2D eigenvalue weighted by molar-refractivity contribution is 6.31. The summed E-state index contributed by atoms with van der Waals surface area (Å²) in [4.78, 5) is 66.1. The third kappa shape index (κ3) is 10.9. The number of aromatic hydroxyl groups is 1. The third-order valence-corrected chi connectivity index (χ3v) is 13.6. The molecule has 16 heteroatoms. The van der Waals surface area contributed by atoms with Gasteiger partial charge in [-0.05, 0) is 122 Å². The van der Waals surface area contributed by atoms with Gasteiger partial charge in [-0.3, -0.25) is 29.0 Å². The summed E-state index contributed by atoms with van der Waals surface area (Å²) >= 11 is 12.3. The van der Waals surface area contributed by atoms with Crippen LogP contribution in [0.4, 0.5) is 0 Å². The maximum absolute atomic E-state index is 13.5. The van der Waals surface area contributed by atoms with Crippen LogP contribution < -0.4 is 16.2 Å². The largest absolute Gasteiger partial charge is 0.507 e. The van der Waals surface area contributed by atoms with Crippen molar-refractivity contribution in [3.05, 3.63) is 106 Å². The van der Waals surface area contributed by atoms with Crippen molar-refractivity contribution in [1.29, 1.82) is 0 Å². The SMILES string of the molecule is C.C.CC(=O)N1CCC(CN2C(=O)C(C)(c3cccc(-c4cc(Cl)ccc4O)c3)N=C2N)CC1.COc1ccc(Cl)cc1-c1cccc(C2(C)N=C(N)N(CC3CCN(C(C)=O)CC3)C2=O)c1. The minimum Gasteiger partial charge on any atom is -0.507 e. The molecule has 14 nitrogen and oxygen atoms in total. The molecule has 2 saturated heterocycles. The van der Waals surface area contributed by atoms with Crippen LogP contribution in [-0.4, -0.2) is 107 Å². The number of hydrogen-bond donors (Lipinski definition) is 3. The van der Waals surface area contributed by atoms with Gasteiger partial charge in [-0.2, -0.15) is 0 Å². The fourth-order valence-electron chi connectivity index (χ4n) is 9.14. The molecule has 4 aromatic carbocycles. The Hall–Kier alpha value is -6.12. The molecule has 2 atom stereocenters. The summed E-state index contributed by atoms with van der Waals surface area (Å²) in [6.45, 7) is 10.5. The molecule has 4 aliphatic rings. The Morgan fingerprint density at radius 2 is 1.07 bits per heavy atom. The van der Waals surface area contributed by atoms with Crippen molar-refractivity contribution in [3.63, 3.8) is 0 Å². The topological polar surface area (TPSA) is 187 Å². The van der Waals surface area contributed by atoms with Crippen molar-refractivity contribution in [2.24, 2.45) is 33.3 Å². The van der Waals surface area contributed by atoms with Crippen LogP contribution in [0.1, 0.15) is 79.4 Å². The van der Waals surface area contributed by atoms with Crippen molar-refractivity contribution < 1.29 is 29.0 Å². The van der Waals surface area contributed by atoms with Gasteiger partial charge in [-0.1, -0.05) is 74.5 Å². The van der Waals surface area contributed by atoms with Crippen molar-refractivity contribution in [2.75, 3.05) is 46.4 Å². The van der Waals surface area contributed by atoms with Crippen molar-refractivity contribution in [1.82, 2.24) is 19.6 Å². The highest BCUT2D eigenvalue weighted by Crippen LogP contribution is 2.40. The number of nitrogens with zero attached hydrogens (tertiary/aromatic N) is 6. The molecule has 0 aliphatic carbocycles. The Morgan fingerprint density at radius 1 is 0.672 bits per heavy atom. The van der Waals surface area contributed by atoms with E-state index in [4.69, 9.17) is 39.4 Å². The summed E-state index contributed by atoms with van der Waals surface area (Å²) < 4.78 is 5.50. The summed E-state index contributed by atoms with van der Waals surface area (Å²) in [7, 11) is 1.61. The van der Waals surface area contributed by atoms with Gasteiger partial charge in [0.15, 0.2) is 23.0 Å². The summed E-state index contributed by atoms with van der Waals surface area (Å²) in [6.07, 6.45) is 3.35. The summed E-state index contributed by atoms with van der Waals surface area (Å²) in [5, 5.41) is 11.4. The van der Waals surface area contributed by atoms with E-state index in [1.54, 1.807) is 68.9 Å². The van der Waals surface area contributed by atoms with Gasteiger partial charge in [-0.25, -0.2) is 9.98 Å². The van der Waals surface area contributed by atoms with Crippen LogP contribution in [0.2, 0.25) is 10.0 Å². The van der Waals surface area contributed by atoms with Gasteiger partial charge in [0.2, 0.25) is 11.8 Å². The monoisotopic (exact) mass is 954 g/mol. The minimum absolute atomic E-state index is 0. The van der Waals surface area contributed by atoms with E-state index in [0.29, 0.717) is 66.2 Å². The Kier molecular flexibility index (Phi) is 16.4. The Bertz CT molecular complexity index is 2550. The van der Waals surface area contributed by atoms with Gasteiger partial charge in [0.05, 0.1) is 7.11 Å². The number of piperidine rings is 2. The molecule has 8 rings (SSSR count). The number of phenolic OH excluding ortho intramolecular Hbond substituents is 1. The number of carbonyl (C=O) groups excluding carboxylic acids is 4. The van der Waals surface area contributed by atoms with Crippen LogP contribution in [-0.2, 0) is 30.3 Å². The van der Waals surface area contributed by atoms with E-state index in [9.17, 15) is 24.3 Å². The van der Waals surface area contributed by atoms with E-state index in [-0.39, 0.29) is 68.0 Å². The molecule has 0 spiro atoms. The molecule has 4 aliphatic heterocycles. The average molecular weight is 956 g/mol. The fraction of sp³-hybridized carbons (Fsp3) is 0.412. The maximum atomic E-state index is 13.5. The number of carbonyl (C=O) groups is 4. The quantitative estimate of drug-likeness (QED) is 0.150. The smallest absolute Gasteiger partial charge is 0.261 e. The van der Waals surface area contributed by atoms with Crippen LogP contribution in [0.15, 0.2) is 94.9 Å². The zero-order valence-corrected chi connectivity index (χ0v) is 38.9. The molecule has 67 heavy (non-hydrogen) atoms. The molecule has 4 aromatic rings. The van der Waals surface area contributed by atoms with Gasteiger partial charge in [0, 0.05) is 74.3 Å². The van der Waals surface area contributed by atoms with E-state index in [2.05, 4.69) is 9.98 Å². The lowest BCUT2D eigenvalue weighted by Crippen LogP contribution is -2.46. The highest BCUT2D eigenvalue weighted by atomic mass is 35.5. The van der Waals surface area contributed by atoms with Crippen LogP contribution in [0.25, 0.3) is 22.3 Å². The normalized spacial score (nSPS) is 20.9. The second-order valence-electron chi connectivity index (χ2n) is 17.5. The zero-order valence-electron chi connectivity index (χ0n) is 37.4. The van der Waals surface area contributed by atoms with Crippen LogP contribution in [0.5, 0.6) is 11.5 Å². The molecule has 0 bridgehead atoms. The Morgan fingerprint density at radius 3 is 1.49 bits per heavy atom. The molecule has 0 aromatic heterocycles. The number of methoxy groups -OCH3 is 1. The van der Waals surface area contributed by atoms with Crippen molar-refractivity contribution in [2.45, 2.75) is 79.3 Å². The first kappa shape index (κ1) is 51.9. The predicted octanol–water partition coefficient (Wildman–Crippen LogP) is 8.26. The molecule has 5 N–H and O–H groups in total. The van der Waals surface area contributed by atoms with Crippen molar-refractivity contribution >= 4 is 58.7 Å². The number of benzene rings is 4. The fourth-order valence-corrected chi connectivity index (χ4v) is 9.48. The molecule has 0 saturated carbocycles. The number of amides is 4. The molecular formula is C51H64Cl2N8O6. The van der Waals surface area contributed by atoms with Gasteiger partial charge < -0.3 is 31.1 Å². The van der Waals surface area contributed by atoms with E-state index >= 15 is 0 Å². The lowest BCUT2D eigenvalue weighted by atomic mass is 9.89. The van der Waals surface area contributed by atoms with Gasteiger partial charge in [0.1, 0.15) is 11.5 Å². The maximum Gasteiger partial charge on any atom is 0.261 e. The van der Waals surface area contributed by atoms with Crippen LogP contribution in [0, 0.1) is 11.8 Å². The number of halogens is 2. The number of rotatable bonds is 9. The van der Waals surface area contributed by atoms with Gasteiger partial charge in [0.25, 0.3) is 11.8 Å². The van der Waals surface area contributed by atoms with E-state index in [1.165, 1.54) is 0 Å². The second kappa shape index (κ2) is 21.2.